The van der Waals surface area contributed by atoms with Crippen molar-refractivity contribution in [3.63, 3.8) is 0 Å². The molecule has 0 spiro atoms. The Labute approximate surface area is 200 Å². The van der Waals surface area contributed by atoms with Gasteiger partial charge in [0.2, 0.25) is 0 Å². The number of benzene rings is 2. The molecule has 0 bridgehead atoms. The topological polar surface area (TPSA) is 38.1 Å². The molecule has 0 fully saturated rings. The molecule has 0 aliphatic carbocycles. The highest BCUT2D eigenvalue weighted by atomic mass is 35.5. The fraction of sp³-hybridized carbons (Fsp3) is 0.280. The third kappa shape index (κ3) is 4.13. The van der Waals surface area contributed by atoms with Crippen molar-refractivity contribution >= 4 is 44.9 Å². The second kappa shape index (κ2) is 9.02. The van der Waals surface area contributed by atoms with Gasteiger partial charge in [-0.2, -0.15) is 0 Å². The van der Waals surface area contributed by atoms with Gasteiger partial charge in [0.25, 0.3) is 5.56 Å². The van der Waals surface area contributed by atoms with Crippen LogP contribution < -0.4 is 5.56 Å². The van der Waals surface area contributed by atoms with E-state index in [-0.39, 0.29) is 5.56 Å². The summed E-state index contributed by atoms with van der Waals surface area (Å²) in [5, 5.41) is 2.25. The van der Waals surface area contributed by atoms with Crippen molar-refractivity contribution in [2.75, 3.05) is 13.1 Å². The number of fused-ring (bicyclic) bond motifs is 3. The number of halogens is 1. The van der Waals surface area contributed by atoms with Crippen LogP contribution in [-0.4, -0.2) is 27.5 Å². The molecule has 1 aliphatic heterocycles. The third-order valence-corrected chi connectivity index (χ3v) is 8.32. The minimum absolute atomic E-state index is 0.0416. The first-order valence-corrected chi connectivity index (χ1v) is 13.0. The lowest BCUT2D eigenvalue weighted by Crippen LogP contribution is -2.30. The van der Waals surface area contributed by atoms with E-state index >= 15 is 0 Å². The molecular formula is C25H24ClN3OS2. The smallest absolute Gasteiger partial charge is 0.267 e. The molecule has 3 heterocycles. The fourth-order valence-electron chi connectivity index (χ4n) is 4.09. The quantitative estimate of drug-likeness (QED) is 0.256. The average molecular weight is 482 g/mol. The molecule has 2 aromatic carbocycles. The van der Waals surface area contributed by atoms with Crippen molar-refractivity contribution < 1.29 is 0 Å². The lowest BCUT2D eigenvalue weighted by atomic mass is 10.1. The van der Waals surface area contributed by atoms with Crippen LogP contribution in [-0.2, 0) is 18.7 Å². The van der Waals surface area contributed by atoms with Gasteiger partial charge in [-0.05, 0) is 55.3 Å². The van der Waals surface area contributed by atoms with Gasteiger partial charge in [0.05, 0.1) is 11.1 Å². The van der Waals surface area contributed by atoms with Crippen LogP contribution in [0.4, 0.5) is 0 Å². The number of hydrogen-bond donors (Lipinski definition) is 0. The number of aryl methyl sites for hydroxylation is 1. The van der Waals surface area contributed by atoms with Crippen LogP contribution in [0, 0.1) is 6.92 Å². The number of thiophene rings is 1. The maximum Gasteiger partial charge on any atom is 0.267 e. The Kier molecular flexibility index (Phi) is 6.12. The Morgan fingerprint density at radius 3 is 2.59 bits per heavy atom. The van der Waals surface area contributed by atoms with Gasteiger partial charge in [0.15, 0.2) is 5.16 Å². The van der Waals surface area contributed by atoms with Crippen LogP contribution in [0.25, 0.3) is 15.9 Å². The Bertz CT molecular complexity index is 1330. The van der Waals surface area contributed by atoms with E-state index in [2.05, 4.69) is 18.7 Å². The fourth-order valence-corrected chi connectivity index (χ4v) is 6.49. The van der Waals surface area contributed by atoms with Gasteiger partial charge < -0.3 is 0 Å². The van der Waals surface area contributed by atoms with E-state index in [1.54, 1.807) is 27.7 Å². The van der Waals surface area contributed by atoms with Crippen molar-refractivity contribution in [2.45, 2.75) is 37.7 Å². The molecule has 4 nitrogen and oxygen atoms in total. The van der Waals surface area contributed by atoms with Gasteiger partial charge in [0.1, 0.15) is 4.83 Å². The highest BCUT2D eigenvalue weighted by Gasteiger charge is 2.25. The summed E-state index contributed by atoms with van der Waals surface area (Å²) in [5.41, 5.74) is 4.41. The van der Waals surface area contributed by atoms with Gasteiger partial charge in [-0.1, -0.05) is 60.1 Å². The van der Waals surface area contributed by atoms with Crippen LogP contribution in [0.1, 0.15) is 28.5 Å². The van der Waals surface area contributed by atoms with Gasteiger partial charge in [-0.25, -0.2) is 4.98 Å². The van der Waals surface area contributed by atoms with E-state index in [0.717, 1.165) is 63.5 Å². The molecule has 32 heavy (non-hydrogen) atoms. The van der Waals surface area contributed by atoms with Crippen LogP contribution in [0.2, 0.25) is 5.02 Å². The molecule has 0 N–H and O–H groups in total. The third-order valence-electron chi connectivity index (χ3n) is 5.94. The van der Waals surface area contributed by atoms with Crippen molar-refractivity contribution in [2.24, 2.45) is 0 Å². The second-order valence-corrected chi connectivity index (χ2v) is 10.6. The van der Waals surface area contributed by atoms with E-state index in [0.29, 0.717) is 0 Å². The standard InChI is InChI=1S/C25H24ClN3OS2/c1-3-28-13-12-20-21(14-28)32-23-22(20)24(30)29(19-10-4-16(2)5-11-19)25(27-23)31-15-17-6-8-18(26)9-7-17/h4-11H,3,12-15H2,1-2H3. The lowest BCUT2D eigenvalue weighted by molar-refractivity contribution is 0.272. The van der Waals surface area contributed by atoms with Gasteiger partial charge >= 0.3 is 0 Å². The summed E-state index contributed by atoms with van der Waals surface area (Å²) in [6.07, 6.45) is 0.908. The average Bonchev–Trinajstić information content (AvgIpc) is 3.17. The van der Waals surface area contributed by atoms with Gasteiger partial charge in [-0.15, -0.1) is 11.3 Å². The number of likely N-dealkylation sites (N-methyl/N-ethyl adjacent to an activating group) is 1. The Morgan fingerprint density at radius 1 is 1.12 bits per heavy atom. The first kappa shape index (κ1) is 21.7. The summed E-state index contributed by atoms with van der Waals surface area (Å²) in [6, 6.07) is 15.9. The highest BCUT2D eigenvalue weighted by molar-refractivity contribution is 7.98. The molecular weight excluding hydrogens is 458 g/mol. The minimum Gasteiger partial charge on any atom is -0.298 e. The maximum absolute atomic E-state index is 13.9. The number of thioether (sulfide) groups is 1. The Morgan fingerprint density at radius 2 is 1.88 bits per heavy atom. The van der Waals surface area contributed by atoms with Crippen molar-refractivity contribution in [3.8, 4) is 5.69 Å². The summed E-state index contributed by atoms with van der Waals surface area (Å²) in [4.78, 5) is 23.5. The molecule has 0 amide bonds. The molecule has 4 aromatic rings. The van der Waals surface area contributed by atoms with Crippen molar-refractivity contribution in [1.29, 1.82) is 0 Å². The summed E-state index contributed by atoms with van der Waals surface area (Å²) < 4.78 is 1.79. The Balaban J connectivity index is 1.63. The molecule has 7 heteroatoms. The number of nitrogens with zero attached hydrogens (tertiary/aromatic N) is 3. The zero-order valence-corrected chi connectivity index (χ0v) is 20.5. The molecule has 1 aliphatic rings. The number of rotatable bonds is 5. The highest BCUT2D eigenvalue weighted by Crippen LogP contribution is 2.34. The predicted octanol–water partition coefficient (Wildman–Crippen LogP) is 6.08. The molecule has 164 valence electrons. The zero-order valence-electron chi connectivity index (χ0n) is 18.1. The normalized spacial score (nSPS) is 14.1. The van der Waals surface area contributed by atoms with E-state index in [1.807, 2.05) is 48.5 Å². The molecule has 0 saturated heterocycles. The van der Waals surface area contributed by atoms with Crippen LogP contribution in [0.15, 0.2) is 58.5 Å². The molecule has 0 atom stereocenters. The molecule has 0 saturated carbocycles. The molecule has 5 rings (SSSR count). The minimum atomic E-state index is 0.0416. The van der Waals surface area contributed by atoms with E-state index < -0.39 is 0 Å². The van der Waals surface area contributed by atoms with E-state index in [4.69, 9.17) is 16.6 Å². The van der Waals surface area contributed by atoms with Gasteiger partial charge in [0, 0.05) is 28.7 Å². The van der Waals surface area contributed by atoms with Crippen LogP contribution in [0.5, 0.6) is 0 Å². The molecule has 0 unspecified atom stereocenters. The Hall–Kier alpha value is -2.12. The maximum atomic E-state index is 13.9. The van der Waals surface area contributed by atoms with Crippen molar-refractivity contribution in [1.82, 2.24) is 14.5 Å². The number of hydrogen-bond acceptors (Lipinski definition) is 5. The molecule has 2 aromatic heterocycles. The lowest BCUT2D eigenvalue weighted by Gasteiger charge is -2.25. The van der Waals surface area contributed by atoms with Crippen LogP contribution in [0.3, 0.4) is 0 Å². The zero-order chi connectivity index (χ0) is 22.2. The van der Waals surface area contributed by atoms with E-state index in [1.165, 1.54) is 16.0 Å². The summed E-state index contributed by atoms with van der Waals surface area (Å²) in [7, 11) is 0. The summed E-state index contributed by atoms with van der Waals surface area (Å²) in [5.74, 6) is 0.718. The van der Waals surface area contributed by atoms with Gasteiger partial charge in [-0.3, -0.25) is 14.3 Å². The largest absolute Gasteiger partial charge is 0.298 e. The van der Waals surface area contributed by atoms with E-state index in [9.17, 15) is 4.79 Å². The summed E-state index contributed by atoms with van der Waals surface area (Å²) in [6.45, 7) is 7.17. The first-order chi connectivity index (χ1) is 15.5. The number of aromatic nitrogens is 2. The monoisotopic (exact) mass is 481 g/mol. The first-order valence-electron chi connectivity index (χ1n) is 10.8. The van der Waals surface area contributed by atoms with Crippen molar-refractivity contribution in [3.05, 3.63) is 85.5 Å². The van der Waals surface area contributed by atoms with Crippen LogP contribution >= 0.6 is 34.7 Å². The SMILES string of the molecule is CCN1CCc2c(sc3nc(SCc4ccc(Cl)cc4)n(-c4ccc(C)cc4)c(=O)c23)C1. The summed E-state index contributed by atoms with van der Waals surface area (Å²) >= 11 is 9.31. The second-order valence-electron chi connectivity index (χ2n) is 8.09. The predicted molar refractivity (Wildman–Crippen MR) is 136 cm³/mol. The molecule has 0 radical (unpaired) electrons.